The van der Waals surface area contributed by atoms with E-state index in [4.69, 9.17) is 0 Å². The summed E-state index contributed by atoms with van der Waals surface area (Å²) in [5.41, 5.74) is 5.86. The SMILES string of the molecule is Brc1ccc2cc3cc(-c4ccc(N(c5ccccc5)c5ccccc5)cc4)ccc3cc2c1. The third-order valence-corrected chi connectivity index (χ3v) is 6.74. The van der Waals surface area contributed by atoms with Gasteiger partial charge in [0.25, 0.3) is 0 Å². The summed E-state index contributed by atoms with van der Waals surface area (Å²) >= 11 is 3.58. The molecule has 0 aliphatic heterocycles. The molecule has 6 rings (SSSR count). The lowest BCUT2D eigenvalue weighted by atomic mass is 9.98. The average molecular weight is 500 g/mol. The summed E-state index contributed by atoms with van der Waals surface area (Å²) in [7, 11) is 0. The highest BCUT2D eigenvalue weighted by Crippen LogP contribution is 2.36. The fourth-order valence-electron chi connectivity index (χ4n) is 4.55. The molecule has 6 aromatic carbocycles. The molecule has 34 heavy (non-hydrogen) atoms. The van der Waals surface area contributed by atoms with Gasteiger partial charge in [0.2, 0.25) is 0 Å². The van der Waals surface area contributed by atoms with Gasteiger partial charge in [0.05, 0.1) is 0 Å². The second kappa shape index (κ2) is 8.81. The summed E-state index contributed by atoms with van der Waals surface area (Å²) in [4.78, 5) is 2.29. The maximum Gasteiger partial charge on any atom is 0.0462 e. The summed E-state index contributed by atoms with van der Waals surface area (Å²) in [6.45, 7) is 0. The van der Waals surface area contributed by atoms with Crippen molar-refractivity contribution in [2.24, 2.45) is 0 Å². The molecule has 0 unspecified atom stereocenters. The molecule has 162 valence electrons. The van der Waals surface area contributed by atoms with Crippen LogP contribution in [0, 0.1) is 0 Å². The van der Waals surface area contributed by atoms with E-state index in [9.17, 15) is 0 Å². The molecule has 0 bridgehead atoms. The molecule has 0 heterocycles. The number of anilines is 3. The lowest BCUT2D eigenvalue weighted by Crippen LogP contribution is -2.09. The van der Waals surface area contributed by atoms with Gasteiger partial charge >= 0.3 is 0 Å². The summed E-state index contributed by atoms with van der Waals surface area (Å²) in [5.74, 6) is 0. The van der Waals surface area contributed by atoms with E-state index in [0.717, 1.165) is 21.5 Å². The maximum atomic E-state index is 3.58. The van der Waals surface area contributed by atoms with Gasteiger partial charge in [0.1, 0.15) is 0 Å². The molecular weight excluding hydrogens is 478 g/mol. The second-order valence-corrected chi connectivity index (χ2v) is 9.37. The summed E-state index contributed by atoms with van der Waals surface area (Å²) < 4.78 is 1.11. The first-order chi connectivity index (χ1) is 16.7. The molecular formula is C32H22BrN. The Morgan fingerprint density at radius 2 is 0.882 bits per heavy atom. The van der Waals surface area contributed by atoms with E-state index in [1.165, 1.54) is 32.7 Å². The summed E-state index contributed by atoms with van der Waals surface area (Å²) in [5, 5.41) is 5.02. The number of fused-ring (bicyclic) bond motifs is 2. The van der Waals surface area contributed by atoms with Crippen molar-refractivity contribution in [3.63, 3.8) is 0 Å². The Morgan fingerprint density at radius 3 is 1.50 bits per heavy atom. The largest absolute Gasteiger partial charge is 0.311 e. The number of benzene rings is 6. The van der Waals surface area contributed by atoms with Crippen LogP contribution < -0.4 is 4.90 Å². The van der Waals surface area contributed by atoms with Gasteiger partial charge in [-0.05, 0) is 99.4 Å². The summed E-state index contributed by atoms with van der Waals surface area (Å²) in [6, 6.07) is 47.6. The van der Waals surface area contributed by atoms with Crippen LogP contribution in [0.2, 0.25) is 0 Å². The van der Waals surface area contributed by atoms with Gasteiger partial charge in [-0.2, -0.15) is 0 Å². The molecule has 0 spiro atoms. The molecule has 0 radical (unpaired) electrons. The van der Waals surface area contributed by atoms with Crippen LogP contribution in [0.25, 0.3) is 32.7 Å². The van der Waals surface area contributed by atoms with E-state index in [0.29, 0.717) is 0 Å². The normalized spacial score (nSPS) is 11.1. The van der Waals surface area contributed by atoms with E-state index in [1.54, 1.807) is 0 Å². The van der Waals surface area contributed by atoms with E-state index in [2.05, 4.69) is 154 Å². The van der Waals surface area contributed by atoms with Crippen LogP contribution in [-0.4, -0.2) is 0 Å². The maximum absolute atomic E-state index is 3.58. The summed E-state index contributed by atoms with van der Waals surface area (Å²) in [6.07, 6.45) is 0. The fourth-order valence-corrected chi connectivity index (χ4v) is 4.93. The highest BCUT2D eigenvalue weighted by atomic mass is 79.9. The average Bonchev–Trinajstić information content (AvgIpc) is 2.89. The first-order valence-electron chi connectivity index (χ1n) is 11.4. The van der Waals surface area contributed by atoms with Gasteiger partial charge in [-0.1, -0.05) is 82.7 Å². The van der Waals surface area contributed by atoms with Crippen molar-refractivity contribution in [3.05, 3.63) is 138 Å². The highest BCUT2D eigenvalue weighted by Gasteiger charge is 2.12. The number of para-hydroxylation sites is 2. The van der Waals surface area contributed by atoms with Crippen molar-refractivity contribution in [1.29, 1.82) is 0 Å². The molecule has 0 amide bonds. The van der Waals surface area contributed by atoms with Crippen LogP contribution in [0.4, 0.5) is 17.1 Å². The predicted molar refractivity (Wildman–Crippen MR) is 149 cm³/mol. The van der Waals surface area contributed by atoms with Crippen LogP contribution in [0.3, 0.4) is 0 Å². The quantitative estimate of drug-likeness (QED) is 0.218. The third-order valence-electron chi connectivity index (χ3n) is 6.25. The Morgan fingerprint density at radius 1 is 0.382 bits per heavy atom. The first kappa shape index (κ1) is 20.7. The van der Waals surface area contributed by atoms with E-state index in [-0.39, 0.29) is 0 Å². The number of halogens is 1. The Balaban J connectivity index is 1.39. The zero-order valence-corrected chi connectivity index (χ0v) is 20.1. The van der Waals surface area contributed by atoms with E-state index in [1.807, 2.05) is 0 Å². The molecule has 0 fully saturated rings. The van der Waals surface area contributed by atoms with Crippen LogP contribution >= 0.6 is 15.9 Å². The van der Waals surface area contributed by atoms with Crippen LogP contribution in [0.1, 0.15) is 0 Å². The molecule has 1 nitrogen and oxygen atoms in total. The zero-order valence-electron chi connectivity index (χ0n) is 18.5. The number of rotatable bonds is 4. The molecule has 0 aliphatic carbocycles. The number of nitrogens with zero attached hydrogens (tertiary/aromatic N) is 1. The Kier molecular flexibility index (Phi) is 5.37. The first-order valence-corrected chi connectivity index (χ1v) is 12.2. The van der Waals surface area contributed by atoms with Crippen molar-refractivity contribution < 1.29 is 0 Å². The van der Waals surface area contributed by atoms with Crippen LogP contribution in [0.15, 0.2) is 138 Å². The molecule has 6 aromatic rings. The van der Waals surface area contributed by atoms with Crippen LogP contribution in [0.5, 0.6) is 0 Å². The van der Waals surface area contributed by atoms with E-state index < -0.39 is 0 Å². The van der Waals surface area contributed by atoms with Gasteiger partial charge in [0.15, 0.2) is 0 Å². The molecule has 0 saturated heterocycles. The fraction of sp³-hybridized carbons (Fsp3) is 0. The number of hydrogen-bond donors (Lipinski definition) is 0. The Bertz CT molecular complexity index is 1550. The van der Waals surface area contributed by atoms with Crippen molar-refractivity contribution in [2.45, 2.75) is 0 Å². The molecule has 0 aliphatic rings. The van der Waals surface area contributed by atoms with Crippen molar-refractivity contribution in [2.75, 3.05) is 4.90 Å². The lowest BCUT2D eigenvalue weighted by molar-refractivity contribution is 1.28. The highest BCUT2D eigenvalue weighted by molar-refractivity contribution is 9.10. The molecule has 0 atom stereocenters. The molecule has 0 N–H and O–H groups in total. The number of hydrogen-bond acceptors (Lipinski definition) is 1. The minimum absolute atomic E-state index is 1.11. The lowest BCUT2D eigenvalue weighted by Gasteiger charge is -2.25. The van der Waals surface area contributed by atoms with Gasteiger partial charge in [-0.3, -0.25) is 0 Å². The standard InChI is InChI=1S/C32H22BrN/c33-29-16-13-26-20-27-19-24(11-12-25(27)21-28(26)22-29)23-14-17-32(18-15-23)34(30-7-3-1-4-8-30)31-9-5-2-6-10-31/h1-22H. The van der Waals surface area contributed by atoms with Crippen LogP contribution in [-0.2, 0) is 0 Å². The van der Waals surface area contributed by atoms with Crippen molar-refractivity contribution in [3.8, 4) is 11.1 Å². The molecule has 0 saturated carbocycles. The smallest absolute Gasteiger partial charge is 0.0462 e. The van der Waals surface area contributed by atoms with Crippen molar-refractivity contribution in [1.82, 2.24) is 0 Å². The minimum Gasteiger partial charge on any atom is -0.311 e. The molecule has 2 heteroatoms. The minimum atomic E-state index is 1.11. The van der Waals surface area contributed by atoms with Crippen molar-refractivity contribution >= 4 is 54.5 Å². The third kappa shape index (κ3) is 3.98. The van der Waals surface area contributed by atoms with Gasteiger partial charge in [-0.25, -0.2) is 0 Å². The topological polar surface area (TPSA) is 3.24 Å². The zero-order chi connectivity index (χ0) is 22.9. The monoisotopic (exact) mass is 499 g/mol. The second-order valence-electron chi connectivity index (χ2n) is 8.46. The predicted octanol–water partition coefficient (Wildman–Crippen LogP) is 9.89. The Labute approximate surface area is 208 Å². The van der Waals surface area contributed by atoms with Gasteiger partial charge in [0, 0.05) is 21.5 Å². The molecule has 0 aromatic heterocycles. The van der Waals surface area contributed by atoms with Gasteiger partial charge in [-0.15, -0.1) is 0 Å². The Hall–Kier alpha value is -3.88. The van der Waals surface area contributed by atoms with Gasteiger partial charge < -0.3 is 4.90 Å². The van der Waals surface area contributed by atoms with E-state index >= 15 is 0 Å².